The third-order valence-electron chi connectivity index (χ3n) is 1.32. The average Bonchev–Trinajstić information content (AvgIpc) is 1.98. The summed E-state index contributed by atoms with van der Waals surface area (Å²) in [5, 5.41) is 7.14. The Morgan fingerprint density at radius 1 is 1.09 bits per heavy atom. The van der Waals surface area contributed by atoms with Crippen LogP contribution in [0.3, 0.4) is 0 Å². The fourth-order valence-electron chi connectivity index (χ4n) is 0.663. The summed E-state index contributed by atoms with van der Waals surface area (Å²) < 4.78 is 20.8. The van der Waals surface area contributed by atoms with Gasteiger partial charge in [0, 0.05) is 0 Å². The molecule has 0 amide bonds. The van der Waals surface area contributed by atoms with Gasteiger partial charge in [-0.3, -0.25) is 0 Å². The van der Waals surface area contributed by atoms with Crippen LogP contribution in [0.4, 0.5) is 8.78 Å². The van der Waals surface area contributed by atoms with Gasteiger partial charge in [-0.15, -0.1) is 0 Å². The Hall–Kier alpha value is -1.43. The summed E-state index contributed by atoms with van der Waals surface area (Å²) in [5.74, 6) is 0. The summed E-state index contributed by atoms with van der Waals surface area (Å²) in [6, 6.07) is 9.18. The van der Waals surface area contributed by atoms with Crippen molar-refractivity contribution in [2.24, 2.45) is 0 Å². The lowest BCUT2D eigenvalue weighted by atomic mass is 9.95. The maximum Gasteiger partial charge on any atom is 0.322 e. The Bertz CT molecular complexity index is 250. The molecular formula is C8H5F2N. The second-order valence-corrected chi connectivity index (χ2v) is 2.01. The first kappa shape index (κ1) is 7.67. The third-order valence-corrected chi connectivity index (χ3v) is 1.32. The zero-order valence-electron chi connectivity index (χ0n) is 5.59. The number of alkyl halides is 2. The van der Waals surface area contributed by atoms with Gasteiger partial charge in [0.25, 0.3) is 0 Å². The first-order valence-corrected chi connectivity index (χ1v) is 3.02. The van der Waals surface area contributed by atoms with E-state index in [4.69, 9.17) is 5.26 Å². The number of halogens is 2. The molecule has 0 atom stereocenters. The lowest BCUT2D eigenvalue weighted by molar-refractivity contribution is 0.212. The normalized spacial score (nSPS) is 9.64. The van der Waals surface area contributed by atoms with Crippen LogP contribution >= 0.6 is 0 Å². The van der Waals surface area contributed by atoms with Gasteiger partial charge in [-0.1, -0.05) is 24.3 Å². The van der Waals surface area contributed by atoms with Crippen LogP contribution in [0.15, 0.2) is 24.3 Å². The van der Waals surface area contributed by atoms with Crippen molar-refractivity contribution in [2.45, 2.75) is 6.43 Å². The lowest BCUT2D eigenvalue weighted by Crippen LogP contribution is -1.85. The van der Waals surface area contributed by atoms with Crippen molar-refractivity contribution in [3.8, 4) is 17.2 Å². The van der Waals surface area contributed by atoms with E-state index in [2.05, 4.69) is 24.3 Å². The molecule has 0 spiro atoms. The van der Waals surface area contributed by atoms with E-state index in [0.29, 0.717) is 6.07 Å². The minimum Gasteiger partial charge on any atom is -0.193 e. The molecule has 0 N–H and O–H groups in total. The van der Waals surface area contributed by atoms with Crippen molar-refractivity contribution in [3.63, 3.8) is 0 Å². The summed E-state index contributed by atoms with van der Waals surface area (Å²) in [5.41, 5.74) is 2.85. The molecule has 0 aromatic heterocycles. The highest BCUT2D eigenvalue weighted by molar-refractivity contribution is 5.75. The molecule has 3 heteroatoms. The van der Waals surface area contributed by atoms with Crippen LogP contribution in [0.25, 0.3) is 11.1 Å². The Kier molecular flexibility index (Phi) is 2.17. The molecule has 1 nitrogen and oxygen atoms in total. The van der Waals surface area contributed by atoms with Crippen molar-refractivity contribution in [1.82, 2.24) is 0 Å². The van der Waals surface area contributed by atoms with Crippen molar-refractivity contribution in [3.05, 3.63) is 24.3 Å². The highest BCUT2D eigenvalue weighted by Crippen LogP contribution is 2.29. The summed E-state index contributed by atoms with van der Waals surface area (Å²) in [6.07, 6.45) is -2.81. The van der Waals surface area contributed by atoms with Crippen LogP contribution in [0, 0.1) is 11.3 Å². The zero-order valence-corrected chi connectivity index (χ0v) is 5.59. The third kappa shape index (κ3) is 1.74. The van der Waals surface area contributed by atoms with Crippen LogP contribution in [-0.2, 0) is 0 Å². The van der Waals surface area contributed by atoms with E-state index in [-0.39, 0.29) is 0 Å². The van der Waals surface area contributed by atoms with Gasteiger partial charge in [0.1, 0.15) is 6.07 Å². The minimum absolute atomic E-state index is 0.694. The Labute approximate surface area is 62.9 Å². The molecule has 0 radical (unpaired) electrons. The highest BCUT2D eigenvalue weighted by atomic mass is 19.3. The minimum atomic E-state index is -2.81. The van der Waals surface area contributed by atoms with Gasteiger partial charge >= 0.3 is 6.43 Å². The van der Waals surface area contributed by atoms with E-state index in [9.17, 15) is 8.78 Å². The lowest BCUT2D eigenvalue weighted by Gasteiger charge is -2.10. The number of nitriles is 1. The van der Waals surface area contributed by atoms with E-state index in [1.54, 1.807) is 0 Å². The molecule has 0 aromatic rings. The van der Waals surface area contributed by atoms with E-state index in [0.717, 1.165) is 0 Å². The molecule has 2 aliphatic rings. The summed E-state index contributed by atoms with van der Waals surface area (Å²) in [7, 11) is 0. The fourth-order valence-corrected chi connectivity index (χ4v) is 0.663. The van der Waals surface area contributed by atoms with Gasteiger partial charge in [-0.2, -0.15) is 14.0 Å². The van der Waals surface area contributed by atoms with Gasteiger partial charge in [-0.05, 0) is 11.1 Å². The van der Waals surface area contributed by atoms with E-state index in [1.807, 2.05) is 0 Å². The Morgan fingerprint density at radius 3 is 1.36 bits per heavy atom. The van der Waals surface area contributed by atoms with Crippen molar-refractivity contribution >= 4 is 0 Å². The quantitative estimate of drug-likeness (QED) is 0.570. The number of rotatable bonds is 0. The summed E-state index contributed by atoms with van der Waals surface area (Å²) >= 11 is 0. The monoisotopic (exact) mass is 153 g/mol. The molecule has 56 valence electrons. The van der Waals surface area contributed by atoms with Crippen LogP contribution < -0.4 is 0 Å². The van der Waals surface area contributed by atoms with Crippen LogP contribution in [-0.4, -0.2) is 6.43 Å². The molecule has 0 bridgehead atoms. The van der Waals surface area contributed by atoms with Crippen molar-refractivity contribution < 1.29 is 8.78 Å². The number of hydrogen-bond donors (Lipinski definition) is 0. The van der Waals surface area contributed by atoms with Crippen LogP contribution in [0.1, 0.15) is 0 Å². The molecule has 2 rings (SSSR count). The molecule has 0 aromatic carbocycles. The molecule has 2 aliphatic carbocycles. The summed E-state index contributed by atoms with van der Waals surface area (Å²) in [4.78, 5) is 0. The Morgan fingerprint density at radius 2 is 1.36 bits per heavy atom. The van der Waals surface area contributed by atoms with Crippen LogP contribution in [0.2, 0.25) is 0 Å². The average molecular weight is 153 g/mol. The zero-order chi connectivity index (χ0) is 8.27. The molecule has 0 fully saturated rings. The van der Waals surface area contributed by atoms with Crippen molar-refractivity contribution in [1.29, 1.82) is 5.26 Å². The predicted octanol–water partition coefficient (Wildman–Crippen LogP) is 2.44. The maximum atomic E-state index is 10.4. The van der Waals surface area contributed by atoms with Gasteiger partial charge in [0.05, 0.1) is 0 Å². The second-order valence-electron chi connectivity index (χ2n) is 2.01. The number of benzene rings is 1. The van der Waals surface area contributed by atoms with E-state index < -0.39 is 6.43 Å². The van der Waals surface area contributed by atoms with Crippen LogP contribution in [0.5, 0.6) is 0 Å². The predicted molar refractivity (Wildman–Crippen MR) is 37.1 cm³/mol. The largest absolute Gasteiger partial charge is 0.322 e. The van der Waals surface area contributed by atoms with Gasteiger partial charge in [0.2, 0.25) is 0 Å². The number of nitrogens with zero attached hydrogens (tertiary/aromatic N) is 1. The van der Waals surface area contributed by atoms with Crippen molar-refractivity contribution in [2.75, 3.05) is 0 Å². The number of fused-ring (bicyclic) bond motifs is 1. The smallest absolute Gasteiger partial charge is 0.193 e. The van der Waals surface area contributed by atoms with Gasteiger partial charge < -0.3 is 0 Å². The molecule has 11 heavy (non-hydrogen) atoms. The first-order valence-electron chi connectivity index (χ1n) is 3.02. The Balaban J connectivity index is 0.000000114. The molecular weight excluding hydrogens is 148 g/mol. The molecule has 0 heterocycles. The topological polar surface area (TPSA) is 23.8 Å². The fraction of sp³-hybridized carbons (Fsp3) is 0.125. The van der Waals surface area contributed by atoms with Gasteiger partial charge in [0.15, 0.2) is 0 Å². The van der Waals surface area contributed by atoms with E-state index >= 15 is 0 Å². The first-order chi connectivity index (χ1) is 5.24. The molecule has 0 aliphatic heterocycles. The SMILES string of the molecule is N#CC(F)F.c1cc2ccc1-2. The number of hydrogen-bond acceptors (Lipinski definition) is 1. The summed E-state index contributed by atoms with van der Waals surface area (Å²) in [6.45, 7) is 0. The molecule has 0 saturated heterocycles. The van der Waals surface area contributed by atoms with E-state index in [1.165, 1.54) is 11.1 Å². The van der Waals surface area contributed by atoms with Gasteiger partial charge in [-0.25, -0.2) is 0 Å². The second kappa shape index (κ2) is 3.11. The highest BCUT2D eigenvalue weighted by Gasteiger charge is 2.03. The standard InChI is InChI=1S/C6H4.C2HF2N/c1-2-6-4-3-5(1)6;3-2(4)1-5/h1-4H;2H. The molecule has 0 unspecified atom stereocenters. The maximum absolute atomic E-state index is 10.4. The molecule has 0 saturated carbocycles.